The van der Waals surface area contributed by atoms with Crippen LogP contribution in [0.2, 0.25) is 0 Å². The third-order valence-electron chi connectivity index (χ3n) is 4.02. The normalized spacial score (nSPS) is 47.8. The first-order valence-corrected chi connectivity index (χ1v) is 6.16. The van der Waals surface area contributed by atoms with Crippen molar-refractivity contribution in [3.8, 4) is 0 Å². The first kappa shape index (κ1) is 10.5. The van der Waals surface area contributed by atoms with Gasteiger partial charge in [0.25, 0.3) is 0 Å². The molecule has 0 aliphatic carbocycles. The molecule has 3 heterocycles. The lowest BCUT2D eigenvalue weighted by Crippen LogP contribution is -2.48. The van der Waals surface area contributed by atoms with Gasteiger partial charge in [-0.3, -0.25) is 4.79 Å². The van der Waals surface area contributed by atoms with E-state index < -0.39 is 0 Å². The van der Waals surface area contributed by atoms with Gasteiger partial charge in [0, 0.05) is 6.61 Å². The Morgan fingerprint density at radius 3 is 3.06 bits per heavy atom. The van der Waals surface area contributed by atoms with Crippen molar-refractivity contribution in [1.29, 1.82) is 0 Å². The average Bonchev–Trinajstić information content (AvgIpc) is 2.50. The van der Waals surface area contributed by atoms with Crippen LogP contribution in [0.15, 0.2) is 0 Å². The molecule has 0 spiro atoms. The summed E-state index contributed by atoms with van der Waals surface area (Å²) in [4.78, 5) is 11.3. The van der Waals surface area contributed by atoms with Crippen LogP contribution in [0.3, 0.4) is 0 Å². The van der Waals surface area contributed by atoms with E-state index in [9.17, 15) is 4.79 Å². The summed E-state index contributed by atoms with van der Waals surface area (Å²) >= 11 is 0. The Bertz CT molecular complexity index is 303. The lowest BCUT2D eigenvalue weighted by atomic mass is 9.88. The quantitative estimate of drug-likeness (QED) is 0.586. The number of rotatable bonds is 0. The molecule has 3 aliphatic rings. The first-order valence-electron chi connectivity index (χ1n) is 6.16. The summed E-state index contributed by atoms with van der Waals surface area (Å²) in [5, 5.41) is 0. The van der Waals surface area contributed by atoms with Crippen molar-refractivity contribution >= 4 is 5.97 Å². The molecule has 4 heteroatoms. The average molecular weight is 226 g/mol. The van der Waals surface area contributed by atoms with Gasteiger partial charge in [-0.25, -0.2) is 0 Å². The molecule has 3 aliphatic heterocycles. The summed E-state index contributed by atoms with van der Waals surface area (Å²) in [5.74, 6) is -0.117. The highest BCUT2D eigenvalue weighted by atomic mass is 16.6. The maximum Gasteiger partial charge on any atom is 0.308 e. The smallest absolute Gasteiger partial charge is 0.308 e. The second-order valence-corrected chi connectivity index (χ2v) is 5.24. The van der Waals surface area contributed by atoms with Crippen LogP contribution in [0, 0.1) is 0 Å². The molecule has 90 valence electrons. The van der Waals surface area contributed by atoms with Gasteiger partial charge >= 0.3 is 5.97 Å². The van der Waals surface area contributed by atoms with Crippen LogP contribution in [0.25, 0.3) is 0 Å². The maximum atomic E-state index is 11.3. The molecule has 0 amide bonds. The zero-order valence-electron chi connectivity index (χ0n) is 9.61. The minimum atomic E-state index is -0.217. The molecular weight excluding hydrogens is 208 g/mol. The Hall–Kier alpha value is -0.610. The van der Waals surface area contributed by atoms with Crippen molar-refractivity contribution in [2.75, 3.05) is 6.61 Å². The lowest BCUT2D eigenvalue weighted by molar-refractivity contribution is -0.183. The number of hydrogen-bond acceptors (Lipinski definition) is 4. The van der Waals surface area contributed by atoms with Crippen LogP contribution in [0.4, 0.5) is 0 Å². The van der Waals surface area contributed by atoms with E-state index in [0.717, 1.165) is 32.3 Å². The van der Waals surface area contributed by atoms with Crippen molar-refractivity contribution in [2.24, 2.45) is 0 Å². The Morgan fingerprint density at radius 2 is 2.19 bits per heavy atom. The van der Waals surface area contributed by atoms with E-state index in [2.05, 4.69) is 6.92 Å². The summed E-state index contributed by atoms with van der Waals surface area (Å²) < 4.78 is 17.2. The largest absolute Gasteiger partial charge is 0.459 e. The molecule has 0 aromatic carbocycles. The Kier molecular flexibility index (Phi) is 2.44. The fourth-order valence-electron chi connectivity index (χ4n) is 3.12. The molecule has 4 atom stereocenters. The van der Waals surface area contributed by atoms with Crippen LogP contribution in [0.5, 0.6) is 0 Å². The SMILES string of the molecule is C[C@]12CCCO[C@@H]1CC[C@H]1OC(=O)C[C@@H]1O2. The molecule has 3 saturated heterocycles. The van der Waals surface area contributed by atoms with E-state index in [1.54, 1.807) is 0 Å². The number of fused-ring (bicyclic) bond motifs is 2. The molecule has 3 fully saturated rings. The van der Waals surface area contributed by atoms with E-state index >= 15 is 0 Å². The molecule has 0 N–H and O–H groups in total. The molecule has 0 aromatic rings. The van der Waals surface area contributed by atoms with Crippen LogP contribution < -0.4 is 0 Å². The molecule has 0 aromatic heterocycles. The Labute approximate surface area is 95.2 Å². The third kappa shape index (κ3) is 1.64. The zero-order valence-corrected chi connectivity index (χ0v) is 9.61. The molecule has 0 unspecified atom stereocenters. The van der Waals surface area contributed by atoms with Crippen molar-refractivity contribution in [3.63, 3.8) is 0 Å². The van der Waals surface area contributed by atoms with Gasteiger partial charge in [0.15, 0.2) is 0 Å². The van der Waals surface area contributed by atoms with E-state index in [4.69, 9.17) is 14.2 Å². The summed E-state index contributed by atoms with van der Waals surface area (Å²) in [6.45, 7) is 2.95. The van der Waals surface area contributed by atoms with Gasteiger partial charge in [-0.15, -0.1) is 0 Å². The van der Waals surface area contributed by atoms with Crippen molar-refractivity contribution < 1.29 is 19.0 Å². The number of ether oxygens (including phenoxy) is 3. The molecular formula is C12H18O4. The van der Waals surface area contributed by atoms with Gasteiger partial charge < -0.3 is 14.2 Å². The van der Waals surface area contributed by atoms with Crippen LogP contribution in [-0.4, -0.2) is 36.5 Å². The highest BCUT2D eigenvalue weighted by Gasteiger charge is 2.48. The van der Waals surface area contributed by atoms with Crippen LogP contribution >= 0.6 is 0 Å². The predicted octanol–water partition coefficient (Wildman–Crippen LogP) is 1.42. The van der Waals surface area contributed by atoms with E-state index in [0.29, 0.717) is 6.42 Å². The fraction of sp³-hybridized carbons (Fsp3) is 0.917. The molecule has 16 heavy (non-hydrogen) atoms. The number of esters is 1. The highest BCUT2D eigenvalue weighted by Crippen LogP contribution is 2.39. The monoisotopic (exact) mass is 226 g/mol. The lowest BCUT2D eigenvalue weighted by Gasteiger charge is -2.40. The molecule has 0 bridgehead atoms. The summed E-state index contributed by atoms with van der Waals surface area (Å²) in [6, 6.07) is 0. The van der Waals surface area contributed by atoms with Gasteiger partial charge in [0.2, 0.25) is 0 Å². The zero-order chi connectivity index (χ0) is 11.2. The summed E-state index contributed by atoms with van der Waals surface area (Å²) in [6.07, 6.45) is 4.36. The Balaban J connectivity index is 1.80. The van der Waals surface area contributed by atoms with E-state index in [1.807, 2.05) is 0 Å². The van der Waals surface area contributed by atoms with Crippen LogP contribution in [-0.2, 0) is 19.0 Å². The predicted molar refractivity (Wildman–Crippen MR) is 56.0 cm³/mol. The molecule has 3 rings (SSSR count). The van der Waals surface area contributed by atoms with Gasteiger partial charge in [-0.2, -0.15) is 0 Å². The minimum absolute atomic E-state index is 0.0430. The van der Waals surface area contributed by atoms with E-state index in [-0.39, 0.29) is 29.9 Å². The van der Waals surface area contributed by atoms with Crippen LogP contribution in [0.1, 0.15) is 39.0 Å². The standard InChI is InChI=1S/C12H18O4/c1-12-5-2-6-14-10(12)4-3-8-9(16-12)7-11(13)15-8/h8-10H,2-7H2,1H3/t8-,9+,10-,12+/m1/s1. The third-order valence-corrected chi connectivity index (χ3v) is 4.02. The fourth-order valence-corrected chi connectivity index (χ4v) is 3.12. The minimum Gasteiger partial charge on any atom is -0.459 e. The summed E-state index contributed by atoms with van der Waals surface area (Å²) in [5.41, 5.74) is -0.217. The Morgan fingerprint density at radius 1 is 1.31 bits per heavy atom. The number of carbonyl (C=O) groups excluding carboxylic acids is 1. The molecule has 0 saturated carbocycles. The number of carbonyl (C=O) groups is 1. The second kappa shape index (κ2) is 3.70. The topological polar surface area (TPSA) is 44.8 Å². The van der Waals surface area contributed by atoms with E-state index in [1.165, 1.54) is 0 Å². The first-order chi connectivity index (χ1) is 7.67. The van der Waals surface area contributed by atoms with Crippen molar-refractivity contribution in [1.82, 2.24) is 0 Å². The highest BCUT2D eigenvalue weighted by molar-refractivity contribution is 5.72. The van der Waals surface area contributed by atoms with Crippen molar-refractivity contribution in [3.05, 3.63) is 0 Å². The van der Waals surface area contributed by atoms with Gasteiger partial charge in [0.1, 0.15) is 12.2 Å². The van der Waals surface area contributed by atoms with Gasteiger partial charge in [-0.05, 0) is 32.6 Å². The molecule has 4 nitrogen and oxygen atoms in total. The summed E-state index contributed by atoms with van der Waals surface area (Å²) in [7, 11) is 0. The van der Waals surface area contributed by atoms with Crippen molar-refractivity contribution in [2.45, 2.75) is 62.9 Å². The molecule has 0 radical (unpaired) electrons. The maximum absolute atomic E-state index is 11.3. The van der Waals surface area contributed by atoms with Gasteiger partial charge in [-0.1, -0.05) is 0 Å². The van der Waals surface area contributed by atoms with Gasteiger partial charge in [0.05, 0.1) is 18.1 Å². The second-order valence-electron chi connectivity index (χ2n) is 5.24. The number of hydrogen-bond donors (Lipinski definition) is 0.